The van der Waals surface area contributed by atoms with Gasteiger partial charge in [-0.15, -0.1) is 0 Å². The van der Waals surface area contributed by atoms with Crippen molar-refractivity contribution in [3.8, 4) is 33.6 Å². The number of carbonyl (C=O) groups excluding carboxylic acids is 1. The van der Waals surface area contributed by atoms with Crippen molar-refractivity contribution in [2.45, 2.75) is 17.5 Å². The molecular formula is C34H19ClF6N2OS. The number of nitrogens with zero attached hydrogens (tertiary/aromatic N) is 2. The summed E-state index contributed by atoms with van der Waals surface area (Å²) >= 11 is 7.57. The predicted octanol–water partition coefficient (Wildman–Crippen LogP) is 11.2. The SMILES string of the molecule is O=Cc1ccc(-c2cccc(-c3c(-c4ncccc4C(F)(F)F)c4cc(F)ccc4n3Sc3ccc(C(F)F)cc3)c2)c(Cl)c1. The van der Waals surface area contributed by atoms with Gasteiger partial charge in [0.2, 0.25) is 0 Å². The molecule has 45 heavy (non-hydrogen) atoms. The molecule has 0 unspecified atom stereocenters. The van der Waals surface area contributed by atoms with E-state index >= 15 is 0 Å². The highest BCUT2D eigenvalue weighted by atomic mass is 35.5. The molecule has 3 nitrogen and oxygen atoms in total. The van der Waals surface area contributed by atoms with Crippen molar-refractivity contribution in [1.82, 2.24) is 8.96 Å². The molecule has 0 fully saturated rings. The Bertz CT molecular complexity index is 2060. The van der Waals surface area contributed by atoms with Crippen molar-refractivity contribution in [2.24, 2.45) is 0 Å². The number of halogens is 7. The van der Waals surface area contributed by atoms with Crippen LogP contribution in [0.4, 0.5) is 26.3 Å². The number of aldehydes is 1. The van der Waals surface area contributed by atoms with Gasteiger partial charge in [0, 0.05) is 49.3 Å². The number of carbonyl (C=O) groups is 1. The van der Waals surface area contributed by atoms with E-state index in [1.807, 2.05) is 0 Å². The molecule has 0 amide bonds. The molecule has 226 valence electrons. The average Bonchev–Trinajstić information content (AvgIpc) is 3.33. The fourth-order valence-electron chi connectivity index (χ4n) is 5.12. The Hall–Kier alpha value is -4.54. The second kappa shape index (κ2) is 12.1. The third-order valence-electron chi connectivity index (χ3n) is 7.14. The van der Waals surface area contributed by atoms with E-state index in [1.54, 1.807) is 40.4 Å². The first-order chi connectivity index (χ1) is 21.5. The minimum atomic E-state index is -4.78. The summed E-state index contributed by atoms with van der Waals surface area (Å²) in [5.74, 6) is -0.668. The van der Waals surface area contributed by atoms with Crippen LogP contribution in [-0.2, 0) is 6.18 Å². The Labute approximate surface area is 262 Å². The van der Waals surface area contributed by atoms with Crippen LogP contribution in [0.3, 0.4) is 0 Å². The summed E-state index contributed by atoms with van der Waals surface area (Å²) in [6.07, 6.45) is -5.57. The van der Waals surface area contributed by atoms with Gasteiger partial charge in [-0.25, -0.2) is 13.2 Å². The zero-order valence-corrected chi connectivity index (χ0v) is 24.4. The highest BCUT2D eigenvalue weighted by Gasteiger charge is 2.36. The molecule has 0 aliphatic rings. The third-order valence-corrected chi connectivity index (χ3v) is 8.50. The quantitative estimate of drug-likeness (QED) is 0.127. The number of rotatable bonds is 7. The van der Waals surface area contributed by atoms with Gasteiger partial charge < -0.3 is 0 Å². The molecule has 0 aliphatic carbocycles. The monoisotopic (exact) mass is 652 g/mol. The van der Waals surface area contributed by atoms with E-state index in [1.165, 1.54) is 54.7 Å². The maximum Gasteiger partial charge on any atom is 0.418 e. The van der Waals surface area contributed by atoms with Gasteiger partial charge in [-0.2, -0.15) is 13.2 Å². The van der Waals surface area contributed by atoms with Crippen LogP contribution in [0.25, 0.3) is 44.5 Å². The van der Waals surface area contributed by atoms with Crippen molar-refractivity contribution in [3.05, 3.63) is 131 Å². The Morgan fingerprint density at radius 2 is 1.62 bits per heavy atom. The Morgan fingerprint density at radius 1 is 0.867 bits per heavy atom. The molecule has 0 saturated carbocycles. The van der Waals surface area contributed by atoms with Gasteiger partial charge in [-0.05, 0) is 72.1 Å². The van der Waals surface area contributed by atoms with E-state index in [0.29, 0.717) is 39.0 Å². The summed E-state index contributed by atoms with van der Waals surface area (Å²) in [4.78, 5) is 15.9. The Morgan fingerprint density at radius 3 is 2.31 bits per heavy atom. The molecule has 2 aromatic heterocycles. The lowest BCUT2D eigenvalue weighted by Crippen LogP contribution is -2.08. The minimum Gasteiger partial charge on any atom is -0.298 e. The first-order valence-corrected chi connectivity index (χ1v) is 14.5. The van der Waals surface area contributed by atoms with Gasteiger partial charge in [0.25, 0.3) is 6.43 Å². The first-order valence-electron chi connectivity index (χ1n) is 13.3. The van der Waals surface area contributed by atoms with Crippen LogP contribution in [0, 0.1) is 5.82 Å². The van der Waals surface area contributed by atoms with Gasteiger partial charge >= 0.3 is 6.18 Å². The number of benzene rings is 4. The number of pyridine rings is 1. The Balaban J connectivity index is 1.67. The highest BCUT2D eigenvalue weighted by molar-refractivity contribution is 7.98. The molecular weight excluding hydrogens is 634 g/mol. The fourth-order valence-corrected chi connectivity index (χ4v) is 6.43. The van der Waals surface area contributed by atoms with Crippen molar-refractivity contribution < 1.29 is 31.1 Å². The third kappa shape index (κ3) is 5.95. The molecule has 6 aromatic rings. The molecule has 11 heteroatoms. The lowest BCUT2D eigenvalue weighted by molar-refractivity contribution is -0.137. The highest BCUT2D eigenvalue weighted by Crippen LogP contribution is 2.48. The van der Waals surface area contributed by atoms with Gasteiger partial charge in [0.1, 0.15) is 12.1 Å². The van der Waals surface area contributed by atoms with Crippen LogP contribution in [-0.4, -0.2) is 15.2 Å². The predicted molar refractivity (Wildman–Crippen MR) is 164 cm³/mol. The van der Waals surface area contributed by atoms with Crippen molar-refractivity contribution in [2.75, 3.05) is 0 Å². The van der Waals surface area contributed by atoms with Gasteiger partial charge in [-0.3, -0.25) is 13.8 Å². The lowest BCUT2D eigenvalue weighted by atomic mass is 9.96. The number of fused-ring (bicyclic) bond motifs is 1. The molecule has 0 bridgehead atoms. The van der Waals surface area contributed by atoms with Crippen LogP contribution >= 0.6 is 23.5 Å². The summed E-state index contributed by atoms with van der Waals surface area (Å²) in [5.41, 5.74) is 1.08. The molecule has 0 aliphatic heterocycles. The lowest BCUT2D eigenvalue weighted by Gasteiger charge is -2.16. The molecule has 0 radical (unpaired) electrons. The van der Waals surface area contributed by atoms with Crippen LogP contribution < -0.4 is 0 Å². The second-order valence-electron chi connectivity index (χ2n) is 9.98. The van der Waals surface area contributed by atoms with E-state index in [-0.39, 0.29) is 27.2 Å². The molecule has 0 N–H and O–H groups in total. The molecule has 0 spiro atoms. The largest absolute Gasteiger partial charge is 0.418 e. The van der Waals surface area contributed by atoms with Gasteiger partial charge in [0.15, 0.2) is 0 Å². The van der Waals surface area contributed by atoms with Gasteiger partial charge in [0.05, 0.1) is 22.5 Å². The van der Waals surface area contributed by atoms with Crippen LogP contribution in [0.2, 0.25) is 5.02 Å². The molecule has 6 rings (SSSR count). The van der Waals surface area contributed by atoms with Crippen molar-refractivity contribution in [3.63, 3.8) is 0 Å². The summed E-state index contributed by atoms with van der Waals surface area (Å²) in [6, 6.07) is 23.0. The summed E-state index contributed by atoms with van der Waals surface area (Å²) in [6.45, 7) is 0. The number of hydrogen-bond donors (Lipinski definition) is 0. The van der Waals surface area contributed by atoms with E-state index in [0.717, 1.165) is 24.1 Å². The van der Waals surface area contributed by atoms with Crippen molar-refractivity contribution in [1.29, 1.82) is 0 Å². The topological polar surface area (TPSA) is 34.9 Å². The fraction of sp³-hybridized carbons (Fsp3) is 0.0588. The van der Waals surface area contributed by atoms with E-state index in [2.05, 4.69) is 4.98 Å². The normalized spacial score (nSPS) is 11.8. The summed E-state index contributed by atoms with van der Waals surface area (Å²) < 4.78 is 86.0. The molecule has 2 heterocycles. The van der Waals surface area contributed by atoms with Crippen LogP contribution in [0.1, 0.15) is 27.9 Å². The second-order valence-corrected chi connectivity index (χ2v) is 11.4. The first kappa shape index (κ1) is 30.5. The van der Waals surface area contributed by atoms with Crippen molar-refractivity contribution >= 4 is 40.7 Å². The molecule has 0 saturated heterocycles. The number of hydrogen-bond acceptors (Lipinski definition) is 3. The maximum absolute atomic E-state index is 14.8. The van der Waals surface area contributed by atoms with E-state index in [4.69, 9.17) is 11.6 Å². The van der Waals surface area contributed by atoms with Crippen LogP contribution in [0.15, 0.2) is 108 Å². The average molecular weight is 653 g/mol. The van der Waals surface area contributed by atoms with E-state index < -0.39 is 29.7 Å². The molecule has 4 aromatic carbocycles. The van der Waals surface area contributed by atoms with E-state index in [9.17, 15) is 31.1 Å². The van der Waals surface area contributed by atoms with Gasteiger partial charge in [-0.1, -0.05) is 54.1 Å². The minimum absolute atomic E-state index is 0.0358. The maximum atomic E-state index is 14.8. The molecule has 0 atom stereocenters. The summed E-state index contributed by atoms with van der Waals surface area (Å²) in [7, 11) is 0. The summed E-state index contributed by atoms with van der Waals surface area (Å²) in [5, 5.41) is 0.460. The zero-order valence-electron chi connectivity index (χ0n) is 22.8. The standard InChI is InChI=1S/C34H19ClF6N2OS/c35-28-15-19(18-44)6-12-25(28)21-3-1-4-22(16-21)32-30(31-27(34(39,40)41)5-2-14-42-31)26-17-23(36)9-13-29(26)43(32)45-24-10-7-20(8-11-24)33(37)38/h1-18,33H. The smallest absolute Gasteiger partial charge is 0.298 e. The number of alkyl halides is 5. The Kier molecular flexibility index (Phi) is 8.20. The number of aromatic nitrogens is 2. The zero-order chi connectivity index (χ0) is 31.9. The van der Waals surface area contributed by atoms with Crippen LogP contribution in [0.5, 0.6) is 0 Å².